The molecular formula is C14H24ClN5. The van der Waals surface area contributed by atoms with Crippen molar-refractivity contribution >= 4 is 17.4 Å². The van der Waals surface area contributed by atoms with Crippen LogP contribution in [0.4, 0.5) is 5.82 Å². The minimum absolute atomic E-state index is 0.493. The van der Waals surface area contributed by atoms with Crippen molar-refractivity contribution in [1.29, 1.82) is 0 Å². The van der Waals surface area contributed by atoms with Crippen LogP contribution < -0.4 is 5.32 Å². The molecule has 0 amide bonds. The Kier molecular flexibility index (Phi) is 5.18. The first-order valence-electron chi connectivity index (χ1n) is 7.17. The van der Waals surface area contributed by atoms with E-state index in [0.717, 1.165) is 49.8 Å². The van der Waals surface area contributed by atoms with Crippen LogP contribution in [-0.4, -0.2) is 66.1 Å². The first-order chi connectivity index (χ1) is 9.51. The van der Waals surface area contributed by atoms with E-state index in [-0.39, 0.29) is 0 Å². The smallest absolute Gasteiger partial charge is 0.137 e. The molecule has 1 fully saturated rings. The maximum atomic E-state index is 6.16. The van der Waals surface area contributed by atoms with Crippen LogP contribution in [-0.2, 0) is 6.42 Å². The number of nitrogens with one attached hydrogen (secondary N) is 1. The van der Waals surface area contributed by atoms with E-state index in [1.807, 2.05) is 13.8 Å². The third-order valence-electron chi connectivity index (χ3n) is 3.93. The van der Waals surface area contributed by atoms with Crippen molar-refractivity contribution < 1.29 is 0 Å². The topological polar surface area (TPSA) is 44.3 Å². The quantitative estimate of drug-likeness (QED) is 0.856. The van der Waals surface area contributed by atoms with E-state index in [4.69, 9.17) is 11.6 Å². The number of aromatic nitrogens is 2. The summed E-state index contributed by atoms with van der Waals surface area (Å²) in [6.07, 6.45) is 0.792. The monoisotopic (exact) mass is 297 g/mol. The van der Waals surface area contributed by atoms with Crippen LogP contribution in [0.2, 0.25) is 5.15 Å². The molecule has 1 aromatic heterocycles. The SMILES string of the molecule is CCc1nc(Cl)c(C)c(NCC2CN(C)CCN2C)n1. The molecule has 1 aliphatic rings. The summed E-state index contributed by atoms with van der Waals surface area (Å²) < 4.78 is 0. The molecule has 1 aromatic rings. The molecule has 2 rings (SSSR count). The predicted octanol–water partition coefficient (Wildman–Crippen LogP) is 1.66. The number of aryl methyl sites for hydroxylation is 1. The second-order valence-electron chi connectivity index (χ2n) is 5.54. The van der Waals surface area contributed by atoms with Crippen LogP contribution in [0.25, 0.3) is 0 Å². The van der Waals surface area contributed by atoms with Gasteiger partial charge in [-0.05, 0) is 21.0 Å². The fourth-order valence-electron chi connectivity index (χ4n) is 2.40. The molecule has 1 N–H and O–H groups in total. The van der Waals surface area contributed by atoms with Gasteiger partial charge in [0.1, 0.15) is 16.8 Å². The highest BCUT2D eigenvalue weighted by atomic mass is 35.5. The minimum Gasteiger partial charge on any atom is -0.368 e. The van der Waals surface area contributed by atoms with Gasteiger partial charge in [0.05, 0.1) is 0 Å². The average Bonchev–Trinajstić information content (AvgIpc) is 2.43. The molecule has 1 atom stereocenters. The van der Waals surface area contributed by atoms with E-state index in [1.165, 1.54) is 0 Å². The van der Waals surface area contributed by atoms with Gasteiger partial charge in [0, 0.05) is 44.2 Å². The fourth-order valence-corrected chi connectivity index (χ4v) is 2.59. The van der Waals surface area contributed by atoms with Crippen LogP contribution in [0, 0.1) is 6.92 Å². The lowest BCUT2D eigenvalue weighted by Gasteiger charge is -2.37. The highest BCUT2D eigenvalue weighted by Gasteiger charge is 2.22. The molecule has 20 heavy (non-hydrogen) atoms. The van der Waals surface area contributed by atoms with Crippen LogP contribution in [0.5, 0.6) is 0 Å². The van der Waals surface area contributed by atoms with Crippen molar-refractivity contribution in [1.82, 2.24) is 19.8 Å². The van der Waals surface area contributed by atoms with Crippen LogP contribution in [0.3, 0.4) is 0 Å². The first kappa shape index (κ1) is 15.5. The molecule has 0 spiro atoms. The molecule has 5 nitrogen and oxygen atoms in total. The Morgan fingerprint density at radius 1 is 1.30 bits per heavy atom. The number of anilines is 1. The molecule has 6 heteroatoms. The van der Waals surface area contributed by atoms with Gasteiger partial charge in [-0.25, -0.2) is 9.97 Å². The summed E-state index contributed by atoms with van der Waals surface area (Å²) in [6.45, 7) is 8.17. The van der Waals surface area contributed by atoms with E-state index in [2.05, 4.69) is 39.2 Å². The third-order valence-corrected chi connectivity index (χ3v) is 4.30. The molecule has 1 unspecified atom stereocenters. The highest BCUT2D eigenvalue weighted by Crippen LogP contribution is 2.20. The van der Waals surface area contributed by atoms with Crippen molar-refractivity contribution in [2.45, 2.75) is 26.3 Å². The second-order valence-corrected chi connectivity index (χ2v) is 5.89. The van der Waals surface area contributed by atoms with Gasteiger partial charge in [0.25, 0.3) is 0 Å². The van der Waals surface area contributed by atoms with Gasteiger partial charge < -0.3 is 10.2 Å². The standard InChI is InChI=1S/C14H24ClN5/c1-5-12-17-13(15)10(2)14(18-12)16-8-11-9-19(3)6-7-20(11)4/h11H,5-9H2,1-4H3,(H,16,17,18). The second kappa shape index (κ2) is 6.70. The summed E-state index contributed by atoms with van der Waals surface area (Å²) in [5.41, 5.74) is 0.927. The lowest BCUT2D eigenvalue weighted by atomic mass is 10.2. The lowest BCUT2D eigenvalue weighted by molar-refractivity contribution is 0.122. The summed E-state index contributed by atoms with van der Waals surface area (Å²) in [4.78, 5) is 13.6. The number of halogens is 1. The van der Waals surface area contributed by atoms with Gasteiger partial charge in [0.2, 0.25) is 0 Å². The average molecular weight is 298 g/mol. The highest BCUT2D eigenvalue weighted by molar-refractivity contribution is 6.30. The van der Waals surface area contributed by atoms with E-state index < -0.39 is 0 Å². The normalized spacial score (nSPS) is 21.1. The van der Waals surface area contributed by atoms with E-state index in [0.29, 0.717) is 11.2 Å². The van der Waals surface area contributed by atoms with Crippen molar-refractivity contribution in [3.8, 4) is 0 Å². The van der Waals surface area contributed by atoms with E-state index in [1.54, 1.807) is 0 Å². The number of nitrogens with zero attached hydrogens (tertiary/aromatic N) is 4. The van der Waals surface area contributed by atoms with E-state index >= 15 is 0 Å². The number of likely N-dealkylation sites (N-methyl/N-ethyl adjacent to an activating group) is 2. The van der Waals surface area contributed by atoms with Crippen LogP contribution >= 0.6 is 11.6 Å². The Morgan fingerprint density at radius 2 is 2.05 bits per heavy atom. The molecule has 1 aliphatic heterocycles. The van der Waals surface area contributed by atoms with Gasteiger partial charge in [-0.1, -0.05) is 18.5 Å². The van der Waals surface area contributed by atoms with Gasteiger partial charge in [-0.15, -0.1) is 0 Å². The Balaban J connectivity index is 2.04. The molecule has 0 radical (unpaired) electrons. The Morgan fingerprint density at radius 3 is 2.75 bits per heavy atom. The minimum atomic E-state index is 0.493. The summed E-state index contributed by atoms with van der Waals surface area (Å²) in [6, 6.07) is 0.493. The summed E-state index contributed by atoms with van der Waals surface area (Å²) in [5.74, 6) is 1.65. The van der Waals surface area contributed by atoms with E-state index in [9.17, 15) is 0 Å². The molecule has 0 bridgehead atoms. The third kappa shape index (κ3) is 3.59. The van der Waals surface area contributed by atoms with Crippen molar-refractivity contribution in [2.24, 2.45) is 0 Å². The largest absolute Gasteiger partial charge is 0.368 e. The number of hydrogen-bond acceptors (Lipinski definition) is 5. The molecule has 0 aliphatic carbocycles. The Bertz CT molecular complexity index is 465. The Hall–Kier alpha value is -0.910. The van der Waals surface area contributed by atoms with Gasteiger partial charge >= 0.3 is 0 Å². The summed E-state index contributed by atoms with van der Waals surface area (Å²) >= 11 is 6.16. The van der Waals surface area contributed by atoms with Crippen molar-refractivity contribution in [3.63, 3.8) is 0 Å². The van der Waals surface area contributed by atoms with Gasteiger partial charge in [-0.3, -0.25) is 4.90 Å². The maximum Gasteiger partial charge on any atom is 0.137 e. The fraction of sp³-hybridized carbons (Fsp3) is 0.714. The molecule has 112 valence electrons. The zero-order chi connectivity index (χ0) is 14.7. The number of piperazine rings is 1. The van der Waals surface area contributed by atoms with Crippen molar-refractivity contribution in [3.05, 3.63) is 16.5 Å². The zero-order valence-electron chi connectivity index (χ0n) is 12.8. The van der Waals surface area contributed by atoms with Gasteiger partial charge in [0.15, 0.2) is 0 Å². The van der Waals surface area contributed by atoms with Crippen molar-refractivity contribution in [2.75, 3.05) is 45.6 Å². The van der Waals surface area contributed by atoms with Crippen LogP contribution in [0.15, 0.2) is 0 Å². The zero-order valence-corrected chi connectivity index (χ0v) is 13.5. The first-order valence-corrected chi connectivity index (χ1v) is 7.54. The van der Waals surface area contributed by atoms with Gasteiger partial charge in [-0.2, -0.15) is 0 Å². The predicted molar refractivity (Wildman–Crippen MR) is 83.6 cm³/mol. The molecule has 2 heterocycles. The summed E-state index contributed by atoms with van der Waals surface area (Å²) in [7, 11) is 4.35. The summed E-state index contributed by atoms with van der Waals surface area (Å²) in [5, 5.41) is 3.99. The van der Waals surface area contributed by atoms with Crippen LogP contribution in [0.1, 0.15) is 18.3 Å². The maximum absolute atomic E-state index is 6.16. The Labute approximate surface area is 126 Å². The molecule has 1 saturated heterocycles. The number of rotatable bonds is 4. The molecule has 0 aromatic carbocycles. The molecule has 0 saturated carbocycles. The number of hydrogen-bond donors (Lipinski definition) is 1. The molecular weight excluding hydrogens is 274 g/mol. The lowest BCUT2D eigenvalue weighted by Crippen LogP contribution is -2.52.